The highest BCUT2D eigenvalue weighted by molar-refractivity contribution is 5.88. The number of carboxylic acids is 1. The van der Waals surface area contributed by atoms with Gasteiger partial charge in [-0.1, -0.05) is 6.07 Å². The summed E-state index contributed by atoms with van der Waals surface area (Å²) in [6, 6.07) is 5.34. The summed E-state index contributed by atoms with van der Waals surface area (Å²) in [5.74, 6) is -0.772. The molecular formula is C14H15NO3. The summed E-state index contributed by atoms with van der Waals surface area (Å²) in [5.41, 5.74) is 2.67. The van der Waals surface area contributed by atoms with Gasteiger partial charge in [-0.15, -0.1) is 0 Å². The van der Waals surface area contributed by atoms with Crippen molar-refractivity contribution in [2.24, 2.45) is 5.41 Å². The smallest absolute Gasteiger partial charge is 0.335 e. The maximum Gasteiger partial charge on any atom is 0.335 e. The van der Waals surface area contributed by atoms with Crippen LogP contribution in [0.3, 0.4) is 0 Å². The first-order valence-electron chi connectivity index (χ1n) is 6.20. The Morgan fingerprint density at radius 2 is 2.11 bits per heavy atom. The third-order valence-electron chi connectivity index (χ3n) is 4.14. The quantitative estimate of drug-likeness (QED) is 0.785. The molecule has 4 heteroatoms. The number of amides is 1. The number of aromatic carboxylic acids is 1. The minimum atomic E-state index is -0.891. The van der Waals surface area contributed by atoms with E-state index in [-0.39, 0.29) is 11.3 Å². The van der Waals surface area contributed by atoms with E-state index in [0.29, 0.717) is 12.0 Å². The Balaban J connectivity index is 1.93. The van der Waals surface area contributed by atoms with Crippen LogP contribution in [0, 0.1) is 5.41 Å². The summed E-state index contributed by atoms with van der Waals surface area (Å²) < 4.78 is 0. The summed E-state index contributed by atoms with van der Waals surface area (Å²) in [6.45, 7) is 0.725. The fraction of sp³-hybridized carbons (Fsp3) is 0.429. The number of nitrogens with one attached hydrogen (secondary N) is 1. The van der Waals surface area contributed by atoms with Crippen molar-refractivity contribution in [2.75, 3.05) is 6.54 Å². The highest BCUT2D eigenvalue weighted by Crippen LogP contribution is 2.40. The lowest BCUT2D eigenvalue weighted by molar-refractivity contribution is -0.119. The van der Waals surface area contributed by atoms with E-state index in [1.54, 1.807) is 12.1 Å². The normalized spacial score (nSPS) is 25.9. The maximum absolute atomic E-state index is 11.4. The number of fused-ring (bicyclic) bond motifs is 1. The fourth-order valence-electron chi connectivity index (χ4n) is 3.11. The second kappa shape index (κ2) is 3.83. The lowest BCUT2D eigenvalue weighted by atomic mass is 9.71. The molecule has 3 rings (SSSR count). The van der Waals surface area contributed by atoms with Gasteiger partial charge in [-0.2, -0.15) is 0 Å². The summed E-state index contributed by atoms with van der Waals surface area (Å²) in [7, 11) is 0. The first kappa shape index (κ1) is 11.3. The number of carbonyl (C=O) groups excluding carboxylic acids is 1. The first-order valence-corrected chi connectivity index (χ1v) is 6.20. The Bertz CT molecular complexity index is 538. The van der Waals surface area contributed by atoms with Gasteiger partial charge in [-0.3, -0.25) is 4.79 Å². The van der Waals surface area contributed by atoms with E-state index in [4.69, 9.17) is 5.11 Å². The minimum Gasteiger partial charge on any atom is -0.478 e. The second-order valence-electron chi connectivity index (χ2n) is 5.42. The Morgan fingerprint density at radius 3 is 2.78 bits per heavy atom. The molecule has 1 heterocycles. The van der Waals surface area contributed by atoms with E-state index in [1.807, 2.05) is 6.07 Å². The molecule has 2 aliphatic rings. The number of carboxylic acid groups (broad SMARTS) is 1. The van der Waals surface area contributed by atoms with E-state index in [0.717, 1.165) is 31.4 Å². The van der Waals surface area contributed by atoms with E-state index in [2.05, 4.69) is 5.32 Å². The van der Waals surface area contributed by atoms with Crippen LogP contribution in [-0.2, 0) is 17.6 Å². The molecule has 0 aromatic heterocycles. The van der Waals surface area contributed by atoms with Gasteiger partial charge in [0.1, 0.15) is 0 Å². The molecule has 0 unspecified atom stereocenters. The largest absolute Gasteiger partial charge is 0.478 e. The highest BCUT2D eigenvalue weighted by atomic mass is 16.4. The van der Waals surface area contributed by atoms with Crippen LogP contribution in [0.1, 0.15) is 34.3 Å². The molecule has 94 valence electrons. The Hall–Kier alpha value is -1.84. The van der Waals surface area contributed by atoms with Crippen molar-refractivity contribution in [1.29, 1.82) is 0 Å². The maximum atomic E-state index is 11.4. The number of hydrogen-bond acceptors (Lipinski definition) is 2. The fourth-order valence-corrected chi connectivity index (χ4v) is 3.11. The van der Waals surface area contributed by atoms with Crippen LogP contribution in [0.15, 0.2) is 18.2 Å². The van der Waals surface area contributed by atoms with E-state index < -0.39 is 5.97 Å². The monoisotopic (exact) mass is 245 g/mol. The van der Waals surface area contributed by atoms with Gasteiger partial charge in [-0.05, 0) is 42.5 Å². The van der Waals surface area contributed by atoms with Crippen molar-refractivity contribution < 1.29 is 14.7 Å². The number of rotatable bonds is 1. The summed E-state index contributed by atoms with van der Waals surface area (Å²) in [6.07, 6.45) is 3.32. The zero-order chi connectivity index (χ0) is 12.8. The Morgan fingerprint density at radius 1 is 1.28 bits per heavy atom. The van der Waals surface area contributed by atoms with Gasteiger partial charge in [-0.25, -0.2) is 4.79 Å². The molecule has 1 amide bonds. The van der Waals surface area contributed by atoms with E-state index >= 15 is 0 Å². The topological polar surface area (TPSA) is 66.4 Å². The van der Waals surface area contributed by atoms with Crippen molar-refractivity contribution in [3.63, 3.8) is 0 Å². The van der Waals surface area contributed by atoms with Gasteiger partial charge >= 0.3 is 5.97 Å². The average Bonchev–Trinajstić information content (AvgIpc) is 2.69. The predicted octanol–water partition coefficient (Wildman–Crippen LogP) is 1.38. The van der Waals surface area contributed by atoms with Crippen LogP contribution in [0.5, 0.6) is 0 Å². The Kier molecular flexibility index (Phi) is 2.40. The molecule has 1 aliphatic heterocycles. The lowest BCUT2D eigenvalue weighted by Crippen LogP contribution is -2.31. The van der Waals surface area contributed by atoms with Crippen molar-refractivity contribution >= 4 is 11.9 Å². The molecule has 1 aromatic carbocycles. The van der Waals surface area contributed by atoms with Crippen LogP contribution >= 0.6 is 0 Å². The van der Waals surface area contributed by atoms with E-state index in [1.165, 1.54) is 5.56 Å². The van der Waals surface area contributed by atoms with Crippen molar-refractivity contribution in [2.45, 2.75) is 25.7 Å². The highest BCUT2D eigenvalue weighted by Gasteiger charge is 2.40. The second-order valence-corrected chi connectivity index (χ2v) is 5.42. The van der Waals surface area contributed by atoms with Gasteiger partial charge in [0.05, 0.1) is 5.56 Å². The van der Waals surface area contributed by atoms with Crippen LogP contribution in [0.4, 0.5) is 0 Å². The lowest BCUT2D eigenvalue weighted by Gasteiger charge is -2.33. The first-order chi connectivity index (χ1) is 8.58. The van der Waals surface area contributed by atoms with Gasteiger partial charge in [0, 0.05) is 18.4 Å². The van der Waals surface area contributed by atoms with Crippen molar-refractivity contribution in [1.82, 2.24) is 5.32 Å². The SMILES string of the molecule is O=C1C[C@@]2(CCc3ccc(C(=O)O)cc3C2)CN1. The zero-order valence-electron chi connectivity index (χ0n) is 10.0. The van der Waals surface area contributed by atoms with Crippen LogP contribution in [0.25, 0.3) is 0 Å². The molecule has 1 aromatic rings. The standard InChI is InChI=1S/C14H15NO3/c16-12-7-14(8-15-12)4-3-9-1-2-10(13(17)18)5-11(9)6-14/h1-2,5H,3-4,6-8H2,(H,15,16)(H,17,18)/t14-/m0/s1. The van der Waals surface area contributed by atoms with Gasteiger partial charge < -0.3 is 10.4 Å². The zero-order valence-corrected chi connectivity index (χ0v) is 10.0. The molecule has 1 aliphatic carbocycles. The molecule has 0 radical (unpaired) electrons. The molecular weight excluding hydrogens is 230 g/mol. The molecule has 1 atom stereocenters. The summed E-state index contributed by atoms with van der Waals surface area (Å²) in [4.78, 5) is 22.4. The van der Waals surface area contributed by atoms with Gasteiger partial charge in [0.25, 0.3) is 0 Å². The third kappa shape index (κ3) is 1.78. The summed E-state index contributed by atoms with van der Waals surface area (Å²) in [5, 5.41) is 11.9. The number of carbonyl (C=O) groups is 2. The Labute approximate surface area is 105 Å². The van der Waals surface area contributed by atoms with Crippen LogP contribution in [-0.4, -0.2) is 23.5 Å². The number of hydrogen-bond donors (Lipinski definition) is 2. The molecule has 0 bridgehead atoms. The molecule has 1 saturated heterocycles. The van der Waals surface area contributed by atoms with Crippen LogP contribution < -0.4 is 5.32 Å². The minimum absolute atomic E-state index is 0.0151. The number of benzene rings is 1. The van der Waals surface area contributed by atoms with Crippen molar-refractivity contribution in [3.8, 4) is 0 Å². The van der Waals surface area contributed by atoms with Gasteiger partial charge in [0.15, 0.2) is 0 Å². The molecule has 4 nitrogen and oxygen atoms in total. The molecule has 0 saturated carbocycles. The summed E-state index contributed by atoms with van der Waals surface area (Å²) >= 11 is 0. The molecule has 1 fully saturated rings. The van der Waals surface area contributed by atoms with E-state index in [9.17, 15) is 9.59 Å². The third-order valence-corrected chi connectivity index (χ3v) is 4.14. The predicted molar refractivity (Wildman–Crippen MR) is 65.5 cm³/mol. The average molecular weight is 245 g/mol. The van der Waals surface area contributed by atoms with Crippen LogP contribution in [0.2, 0.25) is 0 Å². The molecule has 18 heavy (non-hydrogen) atoms. The number of aryl methyl sites for hydroxylation is 1. The van der Waals surface area contributed by atoms with Crippen molar-refractivity contribution in [3.05, 3.63) is 34.9 Å². The van der Waals surface area contributed by atoms with Gasteiger partial charge in [0.2, 0.25) is 5.91 Å². The molecule has 1 spiro atoms. The molecule has 2 N–H and O–H groups in total.